The Morgan fingerprint density at radius 2 is 2.50 bits per heavy atom. The van der Waals surface area contributed by atoms with Crippen LogP contribution in [0.5, 0.6) is 0 Å². The van der Waals surface area contributed by atoms with E-state index in [1.54, 1.807) is 6.20 Å². The van der Waals surface area contributed by atoms with E-state index in [-0.39, 0.29) is 11.8 Å². The first-order valence-electron chi connectivity index (χ1n) is 5.17. The third-order valence-electron chi connectivity index (χ3n) is 2.53. The molecular formula is C11H13ClN2OS. The Bertz CT molecular complexity index is 405. The summed E-state index contributed by atoms with van der Waals surface area (Å²) in [7, 11) is 0. The van der Waals surface area contributed by atoms with Crippen LogP contribution in [0.3, 0.4) is 0 Å². The van der Waals surface area contributed by atoms with Crippen LogP contribution >= 0.6 is 23.4 Å². The number of aromatic nitrogens is 1. The van der Waals surface area contributed by atoms with Gasteiger partial charge < -0.3 is 5.32 Å². The van der Waals surface area contributed by atoms with E-state index in [9.17, 15) is 4.79 Å². The molecule has 0 bridgehead atoms. The number of rotatable bonds is 2. The van der Waals surface area contributed by atoms with Crippen LogP contribution in [-0.4, -0.2) is 22.4 Å². The Kier molecular flexibility index (Phi) is 3.71. The molecule has 1 N–H and O–H groups in total. The normalized spacial score (nSPS) is 19.8. The Morgan fingerprint density at radius 1 is 1.69 bits per heavy atom. The molecule has 2 heterocycles. The van der Waals surface area contributed by atoms with Crippen LogP contribution in [0.25, 0.3) is 0 Å². The third-order valence-corrected chi connectivity index (χ3v) is 4.00. The topological polar surface area (TPSA) is 42.0 Å². The Balaban J connectivity index is 2.07. The van der Waals surface area contributed by atoms with Crippen LogP contribution in [0.1, 0.15) is 12.0 Å². The van der Waals surface area contributed by atoms with Crippen molar-refractivity contribution in [3.63, 3.8) is 0 Å². The maximum Gasteiger partial charge on any atom is 0.228 e. The molecule has 1 aliphatic rings. The van der Waals surface area contributed by atoms with E-state index in [0.29, 0.717) is 10.8 Å². The first kappa shape index (κ1) is 11.7. The molecule has 0 saturated carbocycles. The molecule has 1 saturated heterocycles. The fourth-order valence-corrected chi connectivity index (χ4v) is 2.99. The van der Waals surface area contributed by atoms with Gasteiger partial charge in [-0.2, -0.15) is 11.8 Å². The molecule has 1 aliphatic heterocycles. The van der Waals surface area contributed by atoms with Crippen molar-refractivity contribution in [2.75, 3.05) is 16.8 Å². The molecule has 5 heteroatoms. The van der Waals surface area contributed by atoms with E-state index in [2.05, 4.69) is 10.3 Å². The van der Waals surface area contributed by atoms with Crippen molar-refractivity contribution in [3.8, 4) is 0 Å². The van der Waals surface area contributed by atoms with Crippen LogP contribution in [0, 0.1) is 12.8 Å². The molecule has 1 atom stereocenters. The number of nitrogens with zero attached hydrogens (tertiary/aromatic N) is 1. The Morgan fingerprint density at radius 3 is 3.19 bits per heavy atom. The SMILES string of the molecule is Cc1cnc(Cl)c(NC(=O)C2CCSC2)c1. The van der Waals surface area contributed by atoms with Crippen LogP contribution < -0.4 is 5.32 Å². The lowest BCUT2D eigenvalue weighted by molar-refractivity contribution is -0.119. The summed E-state index contributed by atoms with van der Waals surface area (Å²) < 4.78 is 0. The summed E-state index contributed by atoms with van der Waals surface area (Å²) in [5.74, 6) is 2.14. The van der Waals surface area contributed by atoms with E-state index in [4.69, 9.17) is 11.6 Å². The quantitative estimate of drug-likeness (QED) is 0.828. The Hall–Kier alpha value is -0.740. The smallest absolute Gasteiger partial charge is 0.228 e. The van der Waals surface area contributed by atoms with Gasteiger partial charge in [0.25, 0.3) is 0 Å². The van der Waals surface area contributed by atoms with Crippen LogP contribution in [0.15, 0.2) is 12.3 Å². The van der Waals surface area contributed by atoms with Crippen LogP contribution in [-0.2, 0) is 4.79 Å². The summed E-state index contributed by atoms with van der Waals surface area (Å²) in [6, 6.07) is 1.84. The van der Waals surface area contributed by atoms with E-state index in [0.717, 1.165) is 23.5 Å². The third kappa shape index (κ3) is 2.68. The lowest BCUT2D eigenvalue weighted by Crippen LogP contribution is -2.22. The fourth-order valence-electron chi connectivity index (χ4n) is 1.62. The fraction of sp³-hybridized carbons (Fsp3) is 0.455. The molecule has 0 aromatic carbocycles. The van der Waals surface area contributed by atoms with Crippen LogP contribution in [0.2, 0.25) is 5.15 Å². The molecule has 0 spiro atoms. The van der Waals surface area contributed by atoms with Crippen LogP contribution in [0.4, 0.5) is 5.69 Å². The number of amides is 1. The number of nitrogens with one attached hydrogen (secondary N) is 1. The van der Waals surface area contributed by atoms with E-state index in [1.807, 2.05) is 24.8 Å². The first-order valence-corrected chi connectivity index (χ1v) is 6.71. The monoisotopic (exact) mass is 256 g/mol. The molecule has 0 radical (unpaired) electrons. The largest absolute Gasteiger partial charge is 0.323 e. The van der Waals surface area contributed by atoms with Gasteiger partial charge in [-0.1, -0.05) is 11.6 Å². The number of halogens is 1. The minimum absolute atomic E-state index is 0.0549. The number of carbonyl (C=O) groups excluding carboxylic acids is 1. The summed E-state index contributed by atoms with van der Waals surface area (Å²) in [6.07, 6.45) is 2.64. The van der Waals surface area contributed by atoms with Gasteiger partial charge in [0.15, 0.2) is 5.15 Å². The summed E-state index contributed by atoms with van der Waals surface area (Å²) in [5, 5.41) is 3.20. The van der Waals surface area contributed by atoms with Gasteiger partial charge in [0.2, 0.25) is 5.91 Å². The lowest BCUT2D eigenvalue weighted by Gasteiger charge is -2.11. The van der Waals surface area contributed by atoms with Gasteiger partial charge in [0.05, 0.1) is 5.69 Å². The van der Waals surface area contributed by atoms with Crippen molar-refractivity contribution in [1.29, 1.82) is 0 Å². The number of anilines is 1. The number of thioether (sulfide) groups is 1. The van der Waals surface area contributed by atoms with Gasteiger partial charge in [-0.05, 0) is 30.7 Å². The average Bonchev–Trinajstić information content (AvgIpc) is 2.76. The first-order chi connectivity index (χ1) is 7.66. The van der Waals surface area contributed by atoms with Gasteiger partial charge >= 0.3 is 0 Å². The zero-order chi connectivity index (χ0) is 11.5. The van der Waals surface area contributed by atoms with Crippen molar-refractivity contribution in [1.82, 2.24) is 4.98 Å². The number of carbonyl (C=O) groups is 1. The van der Waals surface area contributed by atoms with Gasteiger partial charge in [0.1, 0.15) is 0 Å². The highest BCUT2D eigenvalue weighted by atomic mass is 35.5. The van der Waals surface area contributed by atoms with E-state index < -0.39 is 0 Å². The van der Waals surface area contributed by atoms with Crippen molar-refractivity contribution < 1.29 is 4.79 Å². The van der Waals surface area contributed by atoms with Gasteiger partial charge in [-0.25, -0.2) is 4.98 Å². The number of hydrogen-bond acceptors (Lipinski definition) is 3. The molecule has 86 valence electrons. The minimum atomic E-state index is 0.0549. The second kappa shape index (κ2) is 5.06. The zero-order valence-corrected chi connectivity index (χ0v) is 10.6. The predicted molar refractivity (Wildman–Crippen MR) is 68.0 cm³/mol. The zero-order valence-electron chi connectivity index (χ0n) is 9.00. The lowest BCUT2D eigenvalue weighted by atomic mass is 10.1. The van der Waals surface area contributed by atoms with Crippen molar-refractivity contribution in [3.05, 3.63) is 23.0 Å². The standard InChI is InChI=1S/C11H13ClN2OS/c1-7-4-9(10(12)13-5-7)14-11(15)8-2-3-16-6-8/h4-5,8H,2-3,6H2,1H3,(H,14,15). The molecule has 0 aliphatic carbocycles. The van der Waals surface area contributed by atoms with Gasteiger partial charge in [0, 0.05) is 17.9 Å². The molecule has 2 rings (SSSR count). The van der Waals surface area contributed by atoms with E-state index >= 15 is 0 Å². The van der Waals surface area contributed by atoms with E-state index in [1.165, 1.54) is 0 Å². The maximum absolute atomic E-state index is 11.9. The molecule has 1 aromatic rings. The second-order valence-electron chi connectivity index (χ2n) is 3.90. The maximum atomic E-state index is 11.9. The molecular weight excluding hydrogens is 244 g/mol. The van der Waals surface area contributed by atoms with Crippen molar-refractivity contribution in [2.24, 2.45) is 5.92 Å². The number of pyridine rings is 1. The summed E-state index contributed by atoms with van der Waals surface area (Å²) >= 11 is 7.73. The van der Waals surface area contributed by atoms with Crippen molar-refractivity contribution in [2.45, 2.75) is 13.3 Å². The highest BCUT2D eigenvalue weighted by Crippen LogP contribution is 2.26. The highest BCUT2D eigenvalue weighted by Gasteiger charge is 2.23. The minimum Gasteiger partial charge on any atom is -0.323 e. The van der Waals surface area contributed by atoms with Crippen molar-refractivity contribution >= 4 is 35.0 Å². The number of aryl methyl sites for hydroxylation is 1. The second-order valence-corrected chi connectivity index (χ2v) is 5.41. The Labute approximate surface area is 104 Å². The molecule has 1 fully saturated rings. The van der Waals surface area contributed by atoms with Gasteiger partial charge in [-0.15, -0.1) is 0 Å². The highest BCUT2D eigenvalue weighted by molar-refractivity contribution is 7.99. The molecule has 1 unspecified atom stereocenters. The number of hydrogen-bond donors (Lipinski definition) is 1. The predicted octanol–water partition coefficient (Wildman–Crippen LogP) is 2.74. The molecule has 3 nitrogen and oxygen atoms in total. The summed E-state index contributed by atoms with van der Waals surface area (Å²) in [6.45, 7) is 1.92. The summed E-state index contributed by atoms with van der Waals surface area (Å²) in [4.78, 5) is 15.9. The molecule has 16 heavy (non-hydrogen) atoms. The molecule has 1 amide bonds. The molecule has 1 aromatic heterocycles. The summed E-state index contributed by atoms with van der Waals surface area (Å²) in [5.41, 5.74) is 1.60. The average molecular weight is 257 g/mol. The van der Waals surface area contributed by atoms with Gasteiger partial charge in [-0.3, -0.25) is 4.79 Å².